The number of nitrogens with one attached hydrogen (secondary N) is 1. The van der Waals surface area contributed by atoms with Gasteiger partial charge in [0.25, 0.3) is 0 Å². The summed E-state index contributed by atoms with van der Waals surface area (Å²) in [5.41, 5.74) is 0. The molecule has 2 rings (SSSR count). The summed E-state index contributed by atoms with van der Waals surface area (Å²) in [6, 6.07) is 0.783. The lowest BCUT2D eigenvalue weighted by atomic mass is 9.85. The highest BCUT2D eigenvalue weighted by atomic mass is 16.5. The molecule has 0 heterocycles. The first-order valence-electron chi connectivity index (χ1n) is 7.32. The van der Waals surface area contributed by atoms with E-state index in [9.17, 15) is 5.11 Å². The molecule has 3 heteroatoms. The van der Waals surface area contributed by atoms with E-state index in [1.165, 1.54) is 44.9 Å². The fourth-order valence-electron chi connectivity index (χ4n) is 2.84. The zero-order chi connectivity index (χ0) is 12.1. The summed E-state index contributed by atoms with van der Waals surface area (Å²) in [5, 5.41) is 12.8. The summed E-state index contributed by atoms with van der Waals surface area (Å²) >= 11 is 0. The average Bonchev–Trinajstić information content (AvgIpc) is 3.18. The topological polar surface area (TPSA) is 41.5 Å². The van der Waals surface area contributed by atoms with Gasteiger partial charge in [0.2, 0.25) is 0 Å². The van der Waals surface area contributed by atoms with Crippen molar-refractivity contribution in [3.8, 4) is 0 Å². The Morgan fingerprint density at radius 3 is 2.65 bits per heavy atom. The van der Waals surface area contributed by atoms with Gasteiger partial charge < -0.3 is 15.2 Å². The summed E-state index contributed by atoms with van der Waals surface area (Å²) in [6.07, 6.45) is 9.38. The van der Waals surface area contributed by atoms with Gasteiger partial charge in [0, 0.05) is 6.04 Å². The molecule has 3 unspecified atom stereocenters. The smallest absolute Gasteiger partial charge is 0.0646 e. The van der Waals surface area contributed by atoms with E-state index in [2.05, 4.69) is 12.2 Å². The maximum Gasteiger partial charge on any atom is 0.0646 e. The maximum atomic E-state index is 9.31. The molecule has 0 spiro atoms. The number of ether oxygens (including phenoxy) is 1. The van der Waals surface area contributed by atoms with E-state index in [4.69, 9.17) is 4.74 Å². The highest BCUT2D eigenvalue weighted by Gasteiger charge is 2.27. The molecule has 0 aliphatic heterocycles. The Hall–Kier alpha value is -0.120. The molecule has 0 amide bonds. The van der Waals surface area contributed by atoms with Crippen LogP contribution in [0.5, 0.6) is 0 Å². The molecule has 0 bridgehead atoms. The quantitative estimate of drug-likeness (QED) is 0.717. The largest absolute Gasteiger partial charge is 0.395 e. The van der Waals surface area contributed by atoms with E-state index in [0.717, 1.165) is 5.92 Å². The van der Waals surface area contributed by atoms with Gasteiger partial charge in [-0.2, -0.15) is 0 Å². The van der Waals surface area contributed by atoms with Crippen LogP contribution in [0.2, 0.25) is 0 Å². The average molecular weight is 241 g/mol. The van der Waals surface area contributed by atoms with E-state index >= 15 is 0 Å². The van der Waals surface area contributed by atoms with Crippen LogP contribution in [0.3, 0.4) is 0 Å². The van der Waals surface area contributed by atoms with Gasteiger partial charge in [0.1, 0.15) is 0 Å². The summed E-state index contributed by atoms with van der Waals surface area (Å²) in [7, 11) is 0. The van der Waals surface area contributed by atoms with Crippen molar-refractivity contribution in [1.29, 1.82) is 0 Å². The number of rotatable bonds is 7. The lowest BCUT2D eigenvalue weighted by Crippen LogP contribution is -2.40. The number of aliphatic hydroxyl groups excluding tert-OH is 1. The van der Waals surface area contributed by atoms with Crippen molar-refractivity contribution in [3.05, 3.63) is 0 Å². The molecule has 2 aliphatic carbocycles. The summed E-state index contributed by atoms with van der Waals surface area (Å²) in [6.45, 7) is 3.13. The van der Waals surface area contributed by atoms with Crippen LogP contribution in [0.25, 0.3) is 0 Å². The van der Waals surface area contributed by atoms with Gasteiger partial charge in [-0.1, -0.05) is 26.2 Å². The molecular weight excluding hydrogens is 214 g/mol. The number of aliphatic hydroxyl groups is 1. The van der Waals surface area contributed by atoms with Gasteiger partial charge in [-0.25, -0.2) is 0 Å². The standard InChI is InChI=1S/C14H27NO2/c1-2-11-5-3-4-6-14(11)17-10-13(9-16)15-12-7-8-12/h11-16H,2-10H2,1H3. The Balaban J connectivity index is 1.70. The van der Waals surface area contributed by atoms with Gasteiger partial charge in [0.15, 0.2) is 0 Å². The third-order valence-electron chi connectivity index (χ3n) is 4.14. The predicted molar refractivity (Wildman–Crippen MR) is 69.0 cm³/mol. The minimum absolute atomic E-state index is 0.141. The zero-order valence-corrected chi connectivity index (χ0v) is 11.0. The molecule has 3 nitrogen and oxygen atoms in total. The number of hydrogen-bond acceptors (Lipinski definition) is 3. The Kier molecular flexibility index (Phi) is 5.26. The lowest BCUT2D eigenvalue weighted by Gasteiger charge is -2.32. The summed E-state index contributed by atoms with van der Waals surface area (Å²) in [5.74, 6) is 0.740. The lowest BCUT2D eigenvalue weighted by molar-refractivity contribution is -0.0273. The first kappa shape index (κ1) is 13.3. The first-order valence-corrected chi connectivity index (χ1v) is 7.32. The molecular formula is C14H27NO2. The molecule has 0 saturated heterocycles. The minimum atomic E-state index is 0.141. The SMILES string of the molecule is CCC1CCCCC1OCC(CO)NC1CC1. The molecule has 0 aromatic heterocycles. The van der Waals surface area contributed by atoms with Crippen LogP contribution >= 0.6 is 0 Å². The molecule has 2 saturated carbocycles. The van der Waals surface area contributed by atoms with Crippen LogP contribution in [-0.2, 0) is 4.74 Å². The molecule has 2 N–H and O–H groups in total. The van der Waals surface area contributed by atoms with Crippen LogP contribution in [-0.4, -0.2) is 36.5 Å². The molecule has 2 fully saturated rings. The second-order valence-corrected chi connectivity index (χ2v) is 5.65. The Morgan fingerprint density at radius 1 is 1.24 bits per heavy atom. The van der Waals surface area contributed by atoms with Crippen molar-refractivity contribution >= 4 is 0 Å². The molecule has 100 valence electrons. The Labute approximate surface area is 105 Å². The van der Waals surface area contributed by atoms with Crippen molar-refractivity contribution in [3.63, 3.8) is 0 Å². The summed E-state index contributed by atoms with van der Waals surface area (Å²) in [4.78, 5) is 0. The predicted octanol–water partition coefficient (Wildman–Crippen LogP) is 2.08. The van der Waals surface area contributed by atoms with Gasteiger partial charge in [0.05, 0.1) is 25.4 Å². The van der Waals surface area contributed by atoms with Crippen LogP contribution in [0, 0.1) is 5.92 Å². The van der Waals surface area contributed by atoms with E-state index in [0.29, 0.717) is 18.8 Å². The van der Waals surface area contributed by atoms with Crippen molar-refractivity contribution in [1.82, 2.24) is 5.32 Å². The third kappa shape index (κ3) is 4.23. The van der Waals surface area contributed by atoms with Crippen LogP contribution < -0.4 is 5.32 Å². The van der Waals surface area contributed by atoms with Crippen LogP contribution in [0.15, 0.2) is 0 Å². The first-order chi connectivity index (χ1) is 8.33. The second kappa shape index (κ2) is 6.72. The molecule has 17 heavy (non-hydrogen) atoms. The van der Waals surface area contributed by atoms with Gasteiger partial charge >= 0.3 is 0 Å². The van der Waals surface area contributed by atoms with E-state index in [1.54, 1.807) is 0 Å². The Morgan fingerprint density at radius 2 is 2.00 bits per heavy atom. The monoisotopic (exact) mass is 241 g/mol. The number of hydrogen-bond donors (Lipinski definition) is 2. The third-order valence-corrected chi connectivity index (χ3v) is 4.14. The van der Waals surface area contributed by atoms with Crippen molar-refractivity contribution in [2.45, 2.75) is 70.1 Å². The highest BCUT2D eigenvalue weighted by molar-refractivity contribution is 4.85. The van der Waals surface area contributed by atoms with Crippen molar-refractivity contribution in [2.24, 2.45) is 5.92 Å². The van der Waals surface area contributed by atoms with Crippen LogP contribution in [0.4, 0.5) is 0 Å². The molecule has 0 radical (unpaired) electrons. The zero-order valence-electron chi connectivity index (χ0n) is 11.0. The summed E-state index contributed by atoms with van der Waals surface area (Å²) < 4.78 is 6.05. The van der Waals surface area contributed by atoms with Gasteiger partial charge in [-0.05, 0) is 31.6 Å². The Bertz CT molecular complexity index is 218. The van der Waals surface area contributed by atoms with Gasteiger partial charge in [-0.15, -0.1) is 0 Å². The van der Waals surface area contributed by atoms with Crippen molar-refractivity contribution < 1.29 is 9.84 Å². The second-order valence-electron chi connectivity index (χ2n) is 5.65. The van der Waals surface area contributed by atoms with E-state index in [1.807, 2.05) is 0 Å². The van der Waals surface area contributed by atoms with Gasteiger partial charge in [-0.3, -0.25) is 0 Å². The molecule has 2 aliphatic rings. The maximum absolute atomic E-state index is 9.31. The highest BCUT2D eigenvalue weighted by Crippen LogP contribution is 2.29. The molecule has 3 atom stereocenters. The fourth-order valence-corrected chi connectivity index (χ4v) is 2.84. The fraction of sp³-hybridized carbons (Fsp3) is 1.00. The van der Waals surface area contributed by atoms with E-state index in [-0.39, 0.29) is 12.6 Å². The minimum Gasteiger partial charge on any atom is -0.395 e. The van der Waals surface area contributed by atoms with Crippen molar-refractivity contribution in [2.75, 3.05) is 13.2 Å². The molecule has 0 aromatic rings. The van der Waals surface area contributed by atoms with E-state index < -0.39 is 0 Å². The van der Waals surface area contributed by atoms with Crippen LogP contribution in [0.1, 0.15) is 51.9 Å². The normalized spacial score (nSPS) is 31.4. The molecule has 0 aromatic carbocycles.